The van der Waals surface area contributed by atoms with E-state index in [1.165, 1.54) is 22.5 Å². The Bertz CT molecular complexity index is 1590. The van der Waals surface area contributed by atoms with Gasteiger partial charge in [0.05, 0.1) is 29.5 Å². The molecule has 0 bridgehead atoms. The fourth-order valence-electron chi connectivity index (χ4n) is 3.90. The molecule has 4 rings (SSSR count). The lowest BCUT2D eigenvalue weighted by Crippen LogP contribution is -2.40. The molecule has 0 unspecified atom stereocenters. The number of benzene rings is 2. The van der Waals surface area contributed by atoms with Gasteiger partial charge in [-0.15, -0.1) is 0 Å². The van der Waals surface area contributed by atoms with Crippen LogP contribution in [0.3, 0.4) is 0 Å². The first-order valence-electron chi connectivity index (χ1n) is 11.1. The summed E-state index contributed by atoms with van der Waals surface area (Å²) in [6.45, 7) is 6.64. The Morgan fingerprint density at radius 1 is 1.08 bits per heavy atom. The highest BCUT2D eigenvalue weighted by molar-refractivity contribution is 9.10. The molecule has 0 saturated carbocycles. The molecule has 36 heavy (non-hydrogen) atoms. The van der Waals surface area contributed by atoms with Crippen LogP contribution in [0.2, 0.25) is 0 Å². The molecule has 3 aromatic rings. The van der Waals surface area contributed by atoms with Gasteiger partial charge in [0.15, 0.2) is 0 Å². The van der Waals surface area contributed by atoms with E-state index in [1.54, 1.807) is 26.0 Å². The van der Waals surface area contributed by atoms with Crippen molar-refractivity contribution < 1.29 is 18.3 Å². The van der Waals surface area contributed by atoms with Crippen molar-refractivity contribution in [3.8, 4) is 11.6 Å². The number of aliphatic imine (C=N–C) groups is 1. The molecule has 1 fully saturated rings. The molecule has 190 valence electrons. The van der Waals surface area contributed by atoms with Gasteiger partial charge >= 0.3 is 5.69 Å². The second-order valence-corrected chi connectivity index (χ2v) is 11.2. The Morgan fingerprint density at radius 3 is 2.44 bits per heavy atom. The lowest BCUT2D eigenvalue weighted by atomic mass is 10.1. The Balaban J connectivity index is 1.72. The highest BCUT2D eigenvalue weighted by Gasteiger charge is 2.26. The Kier molecular flexibility index (Phi) is 7.32. The normalized spacial score (nSPS) is 15.0. The number of sulfonamides is 1. The fourth-order valence-corrected chi connectivity index (χ4v) is 5.82. The quantitative estimate of drug-likeness (QED) is 0.448. The van der Waals surface area contributed by atoms with Crippen LogP contribution >= 0.6 is 15.9 Å². The summed E-state index contributed by atoms with van der Waals surface area (Å²) in [6, 6.07) is 7.89. The highest BCUT2D eigenvalue weighted by atomic mass is 79.9. The molecule has 1 aliphatic rings. The van der Waals surface area contributed by atoms with E-state index >= 15 is 0 Å². The maximum atomic E-state index is 12.9. The van der Waals surface area contributed by atoms with Crippen LogP contribution in [0.25, 0.3) is 5.69 Å². The van der Waals surface area contributed by atoms with Crippen LogP contribution in [0.1, 0.15) is 22.3 Å². The van der Waals surface area contributed by atoms with Gasteiger partial charge in [-0.05, 0) is 67.8 Å². The van der Waals surface area contributed by atoms with Crippen LogP contribution in [0, 0.1) is 20.8 Å². The largest absolute Gasteiger partial charge is 0.493 e. The minimum Gasteiger partial charge on any atom is -0.493 e. The molecule has 10 nitrogen and oxygen atoms in total. The summed E-state index contributed by atoms with van der Waals surface area (Å²) in [7, 11) is -3.67. The van der Waals surface area contributed by atoms with Crippen LogP contribution < -0.4 is 11.2 Å². The van der Waals surface area contributed by atoms with Gasteiger partial charge in [0, 0.05) is 23.8 Å². The van der Waals surface area contributed by atoms with Gasteiger partial charge in [0.25, 0.3) is 5.56 Å². The lowest BCUT2D eigenvalue weighted by molar-refractivity contribution is 0.0730. The van der Waals surface area contributed by atoms with Crippen LogP contribution in [0.15, 0.2) is 54.3 Å². The first-order chi connectivity index (χ1) is 17.0. The molecule has 1 saturated heterocycles. The summed E-state index contributed by atoms with van der Waals surface area (Å²) in [5, 5.41) is 10.9. The number of nitrogens with one attached hydrogen (secondary N) is 1. The second-order valence-electron chi connectivity index (χ2n) is 8.37. The third kappa shape index (κ3) is 4.81. The van der Waals surface area contributed by atoms with Gasteiger partial charge < -0.3 is 9.84 Å². The molecule has 2 heterocycles. The van der Waals surface area contributed by atoms with Crippen molar-refractivity contribution in [2.75, 3.05) is 26.3 Å². The zero-order valence-corrected chi connectivity index (χ0v) is 22.3. The van der Waals surface area contributed by atoms with Gasteiger partial charge in [-0.25, -0.2) is 17.8 Å². The first-order valence-corrected chi connectivity index (χ1v) is 13.3. The summed E-state index contributed by atoms with van der Waals surface area (Å²) in [5.74, 6) is -0.554. The minimum atomic E-state index is -3.67. The summed E-state index contributed by atoms with van der Waals surface area (Å²) >= 11 is 3.44. The standard InChI is InChI=1S/C24H25BrN4O6S/c1-14-12-17(36(33,34)28-8-10-35-11-9-28)4-6-20(14)26-13-18-22(30)27-24(32)29(23(18)31)21-7-5-19(25)15(2)16(21)3/h4-7,12-13,31H,8-11H2,1-3H3,(H,27,30,32). The number of aromatic amines is 1. The van der Waals surface area contributed by atoms with E-state index in [-0.39, 0.29) is 23.5 Å². The number of ether oxygens (including phenoxy) is 1. The molecule has 1 aliphatic heterocycles. The fraction of sp³-hybridized carbons (Fsp3) is 0.292. The Hall–Kier alpha value is -3.06. The number of hydrogen-bond acceptors (Lipinski definition) is 7. The third-order valence-corrected chi connectivity index (χ3v) is 8.92. The molecule has 12 heteroatoms. The van der Waals surface area contributed by atoms with Gasteiger partial charge in [0.1, 0.15) is 5.56 Å². The lowest BCUT2D eigenvalue weighted by Gasteiger charge is -2.26. The number of nitrogens with zero attached hydrogens (tertiary/aromatic N) is 3. The van der Waals surface area contributed by atoms with Crippen molar-refractivity contribution in [1.82, 2.24) is 13.9 Å². The number of aromatic nitrogens is 2. The number of morpholine rings is 1. The van der Waals surface area contributed by atoms with Gasteiger partial charge in [-0.2, -0.15) is 4.31 Å². The molecular weight excluding hydrogens is 552 g/mol. The molecular formula is C24H25BrN4O6S. The predicted molar refractivity (Wildman–Crippen MR) is 140 cm³/mol. The summed E-state index contributed by atoms with van der Waals surface area (Å²) in [5.41, 5.74) is 1.21. The first kappa shape index (κ1) is 26.0. The van der Waals surface area contributed by atoms with Crippen molar-refractivity contribution in [2.24, 2.45) is 4.99 Å². The van der Waals surface area contributed by atoms with E-state index in [2.05, 4.69) is 25.9 Å². The van der Waals surface area contributed by atoms with E-state index < -0.39 is 27.2 Å². The number of aromatic hydroxyl groups is 1. The number of H-pyrrole nitrogens is 1. The van der Waals surface area contributed by atoms with Crippen molar-refractivity contribution in [3.63, 3.8) is 0 Å². The molecule has 2 aromatic carbocycles. The number of rotatable bonds is 5. The van der Waals surface area contributed by atoms with Gasteiger partial charge in [-0.1, -0.05) is 15.9 Å². The maximum Gasteiger partial charge on any atom is 0.335 e. The average molecular weight is 577 g/mol. The number of hydrogen-bond donors (Lipinski definition) is 2. The topological polar surface area (TPSA) is 134 Å². The van der Waals surface area contributed by atoms with Gasteiger partial charge in [0.2, 0.25) is 15.9 Å². The van der Waals surface area contributed by atoms with E-state index in [1.807, 2.05) is 6.92 Å². The minimum absolute atomic E-state index is 0.135. The monoisotopic (exact) mass is 576 g/mol. The smallest absolute Gasteiger partial charge is 0.335 e. The number of aryl methyl sites for hydroxylation is 1. The van der Waals surface area contributed by atoms with E-state index in [4.69, 9.17) is 4.74 Å². The molecule has 2 N–H and O–H groups in total. The zero-order valence-electron chi connectivity index (χ0n) is 19.9. The van der Waals surface area contributed by atoms with Crippen molar-refractivity contribution in [3.05, 3.63) is 77.9 Å². The predicted octanol–water partition coefficient (Wildman–Crippen LogP) is 2.69. The van der Waals surface area contributed by atoms with Gasteiger partial charge in [-0.3, -0.25) is 14.8 Å². The van der Waals surface area contributed by atoms with Crippen LogP contribution in [-0.4, -0.2) is 59.9 Å². The molecule has 0 spiro atoms. The van der Waals surface area contributed by atoms with E-state index in [0.29, 0.717) is 30.2 Å². The molecule has 1 aromatic heterocycles. The van der Waals surface area contributed by atoms with Crippen LogP contribution in [0.5, 0.6) is 5.88 Å². The molecule has 0 aliphatic carbocycles. The van der Waals surface area contributed by atoms with Crippen molar-refractivity contribution >= 4 is 37.9 Å². The molecule has 0 amide bonds. The Labute approximate surface area is 216 Å². The van der Waals surface area contributed by atoms with E-state index in [9.17, 15) is 23.1 Å². The maximum absolute atomic E-state index is 12.9. The van der Waals surface area contributed by atoms with E-state index in [0.717, 1.165) is 26.4 Å². The molecule has 0 radical (unpaired) electrons. The third-order valence-electron chi connectivity index (χ3n) is 6.16. The van der Waals surface area contributed by atoms with Crippen molar-refractivity contribution in [2.45, 2.75) is 25.7 Å². The second kappa shape index (κ2) is 10.1. The Morgan fingerprint density at radius 2 is 1.78 bits per heavy atom. The van der Waals surface area contributed by atoms with Crippen LogP contribution in [-0.2, 0) is 14.8 Å². The van der Waals surface area contributed by atoms with Crippen molar-refractivity contribution in [1.29, 1.82) is 0 Å². The zero-order chi connectivity index (χ0) is 26.2. The van der Waals surface area contributed by atoms with Crippen LogP contribution in [0.4, 0.5) is 5.69 Å². The average Bonchev–Trinajstić information content (AvgIpc) is 2.85. The summed E-state index contributed by atoms with van der Waals surface area (Å²) < 4.78 is 34.3. The number of halogens is 1. The highest BCUT2D eigenvalue weighted by Crippen LogP contribution is 2.28. The summed E-state index contributed by atoms with van der Waals surface area (Å²) in [6.07, 6.45) is 1.16. The SMILES string of the molecule is Cc1cc(S(=O)(=O)N2CCOCC2)ccc1N=Cc1c(O)n(-c2ccc(Br)c(C)c2C)c(=O)[nH]c1=O. The molecule has 0 atom stereocenters. The summed E-state index contributed by atoms with van der Waals surface area (Å²) in [4.78, 5) is 31.7.